The molecule has 4 heteroatoms. The van der Waals surface area contributed by atoms with E-state index in [0.717, 1.165) is 0 Å². The van der Waals surface area contributed by atoms with Crippen LogP contribution in [0.1, 0.15) is 20.8 Å². The van der Waals surface area contributed by atoms with E-state index in [0.29, 0.717) is 0 Å². The first-order valence-corrected chi connectivity index (χ1v) is 3.04. The first kappa shape index (κ1) is 9.39. The minimum absolute atomic E-state index is 0.169. The highest BCUT2D eigenvalue weighted by Crippen LogP contribution is 2.02. The van der Waals surface area contributed by atoms with Crippen molar-refractivity contribution in [1.29, 1.82) is 0 Å². The van der Waals surface area contributed by atoms with Crippen LogP contribution in [0.3, 0.4) is 0 Å². The first-order chi connectivity index (χ1) is 4.42. The summed E-state index contributed by atoms with van der Waals surface area (Å²) in [7, 11) is 0. The zero-order valence-corrected chi connectivity index (χ0v) is 6.47. The molecule has 0 aliphatic carbocycles. The molecule has 0 aliphatic heterocycles. The number of hydroxylamine groups is 1. The van der Waals surface area contributed by atoms with Crippen molar-refractivity contribution in [3.05, 3.63) is 0 Å². The van der Waals surface area contributed by atoms with Crippen molar-refractivity contribution in [2.45, 2.75) is 26.4 Å². The second-order valence-corrected chi connectivity index (χ2v) is 2.93. The van der Waals surface area contributed by atoms with Gasteiger partial charge >= 0.3 is 5.97 Å². The molecule has 0 aliphatic rings. The van der Waals surface area contributed by atoms with Crippen molar-refractivity contribution in [3.63, 3.8) is 0 Å². The predicted octanol–water partition coefficient (Wildman–Crippen LogP) is 0.391. The van der Waals surface area contributed by atoms with Crippen LogP contribution in [0, 0.1) is 0 Å². The zero-order chi connectivity index (χ0) is 8.20. The molecule has 0 amide bonds. The molecular weight excluding hydrogens is 134 g/mol. The molecule has 0 aromatic heterocycles. The van der Waals surface area contributed by atoms with Crippen LogP contribution in [-0.2, 0) is 9.63 Å². The van der Waals surface area contributed by atoms with Gasteiger partial charge in [0.2, 0.25) is 0 Å². The van der Waals surface area contributed by atoms with Crippen LogP contribution in [-0.4, -0.2) is 23.2 Å². The lowest BCUT2D eigenvalue weighted by molar-refractivity contribution is -0.142. The molecule has 0 saturated carbocycles. The van der Waals surface area contributed by atoms with Gasteiger partial charge in [-0.3, -0.25) is 9.63 Å². The van der Waals surface area contributed by atoms with E-state index in [2.05, 4.69) is 5.48 Å². The molecule has 4 nitrogen and oxygen atoms in total. The van der Waals surface area contributed by atoms with Gasteiger partial charge in [0, 0.05) is 0 Å². The Labute approximate surface area is 60.1 Å². The van der Waals surface area contributed by atoms with Crippen LogP contribution in [0.4, 0.5) is 0 Å². The van der Waals surface area contributed by atoms with Gasteiger partial charge in [0.15, 0.2) is 0 Å². The normalized spacial score (nSPS) is 11.5. The number of nitrogens with one attached hydrogen (secondary N) is 1. The molecule has 0 aromatic carbocycles. The van der Waals surface area contributed by atoms with Crippen molar-refractivity contribution in [1.82, 2.24) is 5.48 Å². The Kier molecular flexibility index (Phi) is 3.32. The van der Waals surface area contributed by atoms with Gasteiger partial charge < -0.3 is 5.11 Å². The van der Waals surface area contributed by atoms with Crippen molar-refractivity contribution in [2.75, 3.05) is 6.54 Å². The van der Waals surface area contributed by atoms with Crippen molar-refractivity contribution < 1.29 is 14.7 Å². The summed E-state index contributed by atoms with van der Waals surface area (Å²) in [5, 5.41) is 8.17. The Balaban J connectivity index is 3.29. The number of carbonyl (C=O) groups is 1. The fourth-order valence-corrected chi connectivity index (χ4v) is 0.314. The first-order valence-electron chi connectivity index (χ1n) is 3.04. The van der Waals surface area contributed by atoms with Gasteiger partial charge in [0.25, 0.3) is 0 Å². The smallest absolute Gasteiger partial charge is 0.319 e. The Morgan fingerprint density at radius 1 is 1.60 bits per heavy atom. The van der Waals surface area contributed by atoms with E-state index in [1.54, 1.807) is 0 Å². The van der Waals surface area contributed by atoms with Gasteiger partial charge in [-0.2, -0.15) is 5.48 Å². The standard InChI is InChI=1S/C6H13NO3/c1-6(2,3)10-7-4-5(8)9/h7H,4H2,1-3H3,(H,8,9). The van der Waals surface area contributed by atoms with E-state index in [9.17, 15) is 4.79 Å². The molecule has 0 rings (SSSR count). The second-order valence-electron chi connectivity index (χ2n) is 2.93. The molecule has 60 valence electrons. The van der Waals surface area contributed by atoms with Crippen LogP contribution in [0.5, 0.6) is 0 Å². The molecule has 2 N–H and O–H groups in total. The van der Waals surface area contributed by atoms with Crippen molar-refractivity contribution >= 4 is 5.97 Å². The van der Waals surface area contributed by atoms with Crippen LogP contribution in [0.2, 0.25) is 0 Å². The topological polar surface area (TPSA) is 58.6 Å². The monoisotopic (exact) mass is 147 g/mol. The van der Waals surface area contributed by atoms with Gasteiger partial charge in [-0.25, -0.2) is 0 Å². The molecule has 0 atom stereocenters. The molecule has 0 radical (unpaired) electrons. The fourth-order valence-electron chi connectivity index (χ4n) is 0.314. The largest absolute Gasteiger partial charge is 0.480 e. The van der Waals surface area contributed by atoms with Crippen LogP contribution < -0.4 is 5.48 Å². The number of hydrogen-bond acceptors (Lipinski definition) is 3. The summed E-state index contributed by atoms with van der Waals surface area (Å²) in [5.74, 6) is -0.927. The Morgan fingerprint density at radius 3 is 2.40 bits per heavy atom. The average molecular weight is 147 g/mol. The van der Waals surface area contributed by atoms with E-state index in [-0.39, 0.29) is 12.1 Å². The number of carboxylic acid groups (broad SMARTS) is 1. The fraction of sp³-hybridized carbons (Fsp3) is 0.833. The molecular formula is C6H13NO3. The predicted molar refractivity (Wildman–Crippen MR) is 36.5 cm³/mol. The highest BCUT2D eigenvalue weighted by Gasteiger charge is 2.10. The number of carboxylic acids is 1. The van der Waals surface area contributed by atoms with E-state index >= 15 is 0 Å². The van der Waals surface area contributed by atoms with Crippen LogP contribution >= 0.6 is 0 Å². The minimum atomic E-state index is -0.927. The average Bonchev–Trinajstić information content (AvgIpc) is 1.59. The third-order valence-electron chi connectivity index (χ3n) is 0.602. The molecule has 0 aromatic rings. The molecule has 0 unspecified atom stereocenters. The summed E-state index contributed by atoms with van der Waals surface area (Å²) in [5.41, 5.74) is 1.99. The van der Waals surface area contributed by atoms with Crippen LogP contribution in [0.25, 0.3) is 0 Å². The molecule has 0 bridgehead atoms. The molecule has 0 spiro atoms. The molecule has 10 heavy (non-hydrogen) atoms. The minimum Gasteiger partial charge on any atom is -0.480 e. The number of aliphatic carboxylic acids is 1. The number of hydrogen-bond donors (Lipinski definition) is 2. The SMILES string of the molecule is CC(C)(C)ONCC(=O)O. The Bertz CT molecular complexity index is 117. The lowest BCUT2D eigenvalue weighted by atomic mass is 10.2. The highest BCUT2D eigenvalue weighted by molar-refractivity contribution is 5.68. The maximum absolute atomic E-state index is 9.94. The molecule has 0 saturated heterocycles. The second kappa shape index (κ2) is 3.53. The maximum Gasteiger partial charge on any atom is 0.319 e. The number of rotatable bonds is 3. The van der Waals surface area contributed by atoms with Gasteiger partial charge in [-0.05, 0) is 20.8 Å². The summed E-state index contributed by atoms with van der Waals surface area (Å²) >= 11 is 0. The third kappa shape index (κ3) is 7.39. The van der Waals surface area contributed by atoms with Crippen molar-refractivity contribution in [3.8, 4) is 0 Å². The molecule has 0 fully saturated rings. The van der Waals surface area contributed by atoms with Crippen molar-refractivity contribution in [2.24, 2.45) is 0 Å². The zero-order valence-electron chi connectivity index (χ0n) is 6.47. The van der Waals surface area contributed by atoms with E-state index in [1.807, 2.05) is 20.8 Å². The van der Waals surface area contributed by atoms with Gasteiger partial charge in [-0.15, -0.1) is 0 Å². The van der Waals surface area contributed by atoms with Gasteiger partial charge in [-0.1, -0.05) is 0 Å². The van der Waals surface area contributed by atoms with E-state index in [4.69, 9.17) is 9.94 Å². The Morgan fingerprint density at radius 2 is 2.10 bits per heavy atom. The summed E-state index contributed by atoms with van der Waals surface area (Å²) < 4.78 is 0. The third-order valence-corrected chi connectivity index (χ3v) is 0.602. The lowest BCUT2D eigenvalue weighted by Gasteiger charge is -2.18. The van der Waals surface area contributed by atoms with E-state index < -0.39 is 5.97 Å². The van der Waals surface area contributed by atoms with Gasteiger partial charge in [0.05, 0.1) is 5.60 Å². The summed E-state index contributed by atoms with van der Waals surface area (Å²) in [6.07, 6.45) is 0. The Hall–Kier alpha value is -0.610. The quantitative estimate of drug-likeness (QED) is 0.567. The van der Waals surface area contributed by atoms with Crippen LogP contribution in [0.15, 0.2) is 0 Å². The summed E-state index contributed by atoms with van der Waals surface area (Å²) in [6, 6.07) is 0. The summed E-state index contributed by atoms with van der Waals surface area (Å²) in [4.78, 5) is 14.9. The summed E-state index contributed by atoms with van der Waals surface area (Å²) in [6.45, 7) is 5.34. The molecule has 0 heterocycles. The van der Waals surface area contributed by atoms with Gasteiger partial charge in [0.1, 0.15) is 6.54 Å². The maximum atomic E-state index is 9.94. The lowest BCUT2D eigenvalue weighted by Crippen LogP contribution is -2.32. The van der Waals surface area contributed by atoms with E-state index in [1.165, 1.54) is 0 Å². The highest BCUT2D eigenvalue weighted by atomic mass is 16.7.